The Bertz CT molecular complexity index is 404. The van der Waals surface area contributed by atoms with Gasteiger partial charge in [-0.3, -0.25) is 0 Å². The second kappa shape index (κ2) is 8.40. The lowest BCUT2D eigenvalue weighted by Gasteiger charge is -2.23. The van der Waals surface area contributed by atoms with Crippen LogP contribution in [0, 0.1) is 5.92 Å². The van der Waals surface area contributed by atoms with E-state index in [4.69, 9.17) is 4.74 Å². The third-order valence-corrected chi connectivity index (χ3v) is 4.28. The van der Waals surface area contributed by atoms with Crippen LogP contribution in [0.2, 0.25) is 0 Å². The number of β-amino-alcohol motifs (C(OH)–C–C–N with tert-alkyl or cyclic N) is 1. The second-order valence-electron chi connectivity index (χ2n) is 6.27. The van der Waals surface area contributed by atoms with E-state index in [0.29, 0.717) is 0 Å². The van der Waals surface area contributed by atoms with Gasteiger partial charge in [0.15, 0.2) is 0 Å². The van der Waals surface area contributed by atoms with Crippen LogP contribution in [0.3, 0.4) is 0 Å². The maximum atomic E-state index is 10.4. The Hall–Kier alpha value is -1.06. The fraction of sp³-hybridized carbons (Fsp3) is 0.667. The van der Waals surface area contributed by atoms with E-state index in [1.807, 2.05) is 24.3 Å². The van der Waals surface area contributed by atoms with Crippen LogP contribution in [0.4, 0.5) is 0 Å². The summed E-state index contributed by atoms with van der Waals surface area (Å²) >= 11 is 0. The quantitative estimate of drug-likeness (QED) is 0.868. The number of nitrogens with zero attached hydrogens (tertiary/aromatic N) is 1. The smallest absolute Gasteiger partial charge is 0.119 e. The molecule has 0 bridgehead atoms. The molecule has 1 saturated heterocycles. The fourth-order valence-corrected chi connectivity index (χ4v) is 2.86. The summed E-state index contributed by atoms with van der Waals surface area (Å²) in [5.41, 5.74) is 0.983. The number of aliphatic hydroxyl groups excluding tert-OH is 1. The third kappa shape index (κ3) is 5.33. The Morgan fingerprint density at radius 3 is 2.71 bits per heavy atom. The Morgan fingerprint density at radius 2 is 2.00 bits per heavy atom. The summed E-state index contributed by atoms with van der Waals surface area (Å²) in [5, 5.41) is 10.4. The van der Waals surface area contributed by atoms with Crippen LogP contribution in [-0.4, -0.2) is 36.2 Å². The molecule has 0 spiro atoms. The van der Waals surface area contributed by atoms with Gasteiger partial charge in [-0.25, -0.2) is 0 Å². The monoisotopic (exact) mass is 291 g/mol. The average Bonchev–Trinajstić information content (AvgIpc) is 2.70. The van der Waals surface area contributed by atoms with Gasteiger partial charge in [0, 0.05) is 6.54 Å². The lowest BCUT2D eigenvalue weighted by molar-refractivity contribution is 0.114. The molecule has 1 aromatic carbocycles. The average molecular weight is 291 g/mol. The maximum absolute atomic E-state index is 10.4. The predicted octanol–water partition coefficient (Wildman–Crippen LogP) is 3.63. The minimum Gasteiger partial charge on any atom is -0.494 e. The van der Waals surface area contributed by atoms with E-state index in [1.165, 1.54) is 19.3 Å². The van der Waals surface area contributed by atoms with Crippen LogP contribution >= 0.6 is 0 Å². The Labute approximate surface area is 128 Å². The Balaban J connectivity index is 1.85. The van der Waals surface area contributed by atoms with Crippen LogP contribution in [0.15, 0.2) is 24.3 Å². The summed E-state index contributed by atoms with van der Waals surface area (Å²) in [6, 6.07) is 7.88. The Kier molecular flexibility index (Phi) is 6.52. The van der Waals surface area contributed by atoms with Gasteiger partial charge in [0.05, 0.1) is 12.7 Å². The lowest BCUT2D eigenvalue weighted by atomic mass is 10.0. The van der Waals surface area contributed by atoms with E-state index < -0.39 is 6.10 Å². The maximum Gasteiger partial charge on any atom is 0.119 e. The minimum atomic E-state index is -0.404. The van der Waals surface area contributed by atoms with E-state index in [0.717, 1.165) is 49.9 Å². The van der Waals surface area contributed by atoms with Crippen molar-refractivity contribution in [3.63, 3.8) is 0 Å². The first-order valence-corrected chi connectivity index (χ1v) is 8.32. The van der Waals surface area contributed by atoms with Crippen molar-refractivity contribution in [2.45, 2.75) is 45.6 Å². The molecule has 1 aliphatic heterocycles. The van der Waals surface area contributed by atoms with Crippen molar-refractivity contribution in [2.75, 3.05) is 26.2 Å². The van der Waals surface area contributed by atoms with E-state index in [1.54, 1.807) is 0 Å². The van der Waals surface area contributed by atoms with Crippen LogP contribution in [-0.2, 0) is 0 Å². The SMILES string of the molecule is CCCOc1ccc(C(O)CN2CCCC(C)CC2)cc1. The molecule has 2 unspecified atom stereocenters. The third-order valence-electron chi connectivity index (χ3n) is 4.28. The summed E-state index contributed by atoms with van der Waals surface area (Å²) in [6.45, 7) is 8.12. The molecule has 21 heavy (non-hydrogen) atoms. The summed E-state index contributed by atoms with van der Waals surface area (Å²) in [5.74, 6) is 1.71. The Morgan fingerprint density at radius 1 is 1.24 bits per heavy atom. The van der Waals surface area contributed by atoms with Gasteiger partial charge in [0.25, 0.3) is 0 Å². The van der Waals surface area contributed by atoms with Gasteiger partial charge in [-0.2, -0.15) is 0 Å². The van der Waals surface area contributed by atoms with Crippen molar-refractivity contribution in [1.82, 2.24) is 4.90 Å². The van der Waals surface area contributed by atoms with Gasteiger partial charge in [0.1, 0.15) is 5.75 Å². The molecule has 1 aliphatic rings. The molecular weight excluding hydrogens is 262 g/mol. The molecule has 0 aromatic heterocycles. The first-order valence-electron chi connectivity index (χ1n) is 8.32. The molecule has 1 N–H and O–H groups in total. The van der Waals surface area contributed by atoms with Crippen LogP contribution in [0.5, 0.6) is 5.75 Å². The molecule has 2 atom stereocenters. The van der Waals surface area contributed by atoms with Crippen molar-refractivity contribution in [1.29, 1.82) is 0 Å². The first kappa shape index (κ1) is 16.3. The largest absolute Gasteiger partial charge is 0.494 e. The number of hydrogen-bond donors (Lipinski definition) is 1. The standard InChI is InChI=1S/C18H29NO2/c1-3-13-21-17-8-6-16(7-9-17)18(20)14-19-11-4-5-15(2)10-12-19/h6-9,15,18,20H,3-5,10-14H2,1-2H3. The highest BCUT2D eigenvalue weighted by Crippen LogP contribution is 2.22. The number of aliphatic hydroxyl groups is 1. The van der Waals surface area contributed by atoms with E-state index in [2.05, 4.69) is 18.7 Å². The zero-order valence-electron chi connectivity index (χ0n) is 13.4. The van der Waals surface area contributed by atoms with E-state index in [9.17, 15) is 5.11 Å². The van der Waals surface area contributed by atoms with Gasteiger partial charge in [-0.05, 0) is 62.4 Å². The molecule has 0 aliphatic carbocycles. The molecule has 1 aromatic rings. The van der Waals surface area contributed by atoms with Crippen molar-refractivity contribution in [2.24, 2.45) is 5.92 Å². The number of ether oxygens (including phenoxy) is 1. The lowest BCUT2D eigenvalue weighted by Crippen LogP contribution is -2.29. The van der Waals surface area contributed by atoms with Crippen LogP contribution in [0.1, 0.15) is 51.2 Å². The molecule has 0 amide bonds. The highest BCUT2D eigenvalue weighted by atomic mass is 16.5. The molecule has 3 nitrogen and oxygen atoms in total. The molecular formula is C18H29NO2. The molecule has 1 heterocycles. The zero-order chi connectivity index (χ0) is 15.1. The number of hydrogen-bond acceptors (Lipinski definition) is 3. The first-order chi connectivity index (χ1) is 10.2. The number of rotatable bonds is 6. The fourth-order valence-electron chi connectivity index (χ4n) is 2.86. The van der Waals surface area contributed by atoms with Gasteiger partial charge in [-0.15, -0.1) is 0 Å². The summed E-state index contributed by atoms with van der Waals surface area (Å²) in [6.07, 6.45) is 4.42. The van der Waals surface area contributed by atoms with Gasteiger partial charge in [0.2, 0.25) is 0 Å². The van der Waals surface area contributed by atoms with Crippen molar-refractivity contribution >= 4 is 0 Å². The highest BCUT2D eigenvalue weighted by Gasteiger charge is 2.17. The molecule has 0 radical (unpaired) electrons. The zero-order valence-corrected chi connectivity index (χ0v) is 13.4. The highest BCUT2D eigenvalue weighted by molar-refractivity contribution is 5.28. The van der Waals surface area contributed by atoms with Crippen LogP contribution < -0.4 is 4.74 Å². The summed E-state index contributed by atoms with van der Waals surface area (Å²) in [4.78, 5) is 2.40. The van der Waals surface area contributed by atoms with Gasteiger partial charge < -0.3 is 14.7 Å². The summed E-state index contributed by atoms with van der Waals surface area (Å²) in [7, 11) is 0. The molecule has 118 valence electrons. The molecule has 1 fully saturated rings. The second-order valence-corrected chi connectivity index (χ2v) is 6.27. The molecule has 3 heteroatoms. The van der Waals surface area contributed by atoms with E-state index in [-0.39, 0.29) is 0 Å². The topological polar surface area (TPSA) is 32.7 Å². The molecule has 0 saturated carbocycles. The van der Waals surface area contributed by atoms with Gasteiger partial charge >= 0.3 is 0 Å². The number of likely N-dealkylation sites (tertiary alicyclic amines) is 1. The van der Waals surface area contributed by atoms with Crippen LogP contribution in [0.25, 0.3) is 0 Å². The predicted molar refractivity (Wildman–Crippen MR) is 86.6 cm³/mol. The normalized spacial score (nSPS) is 21.8. The molecule has 2 rings (SSSR count). The van der Waals surface area contributed by atoms with E-state index >= 15 is 0 Å². The van der Waals surface area contributed by atoms with Crippen molar-refractivity contribution in [3.05, 3.63) is 29.8 Å². The number of benzene rings is 1. The van der Waals surface area contributed by atoms with Crippen molar-refractivity contribution in [3.8, 4) is 5.75 Å². The van der Waals surface area contributed by atoms with Crippen molar-refractivity contribution < 1.29 is 9.84 Å². The summed E-state index contributed by atoms with van der Waals surface area (Å²) < 4.78 is 5.58. The minimum absolute atomic E-state index is 0.404. The van der Waals surface area contributed by atoms with Gasteiger partial charge in [-0.1, -0.05) is 26.0 Å².